The molecule has 0 bridgehead atoms. The number of imidazole rings is 1. The summed E-state index contributed by atoms with van der Waals surface area (Å²) in [5, 5.41) is 2.79. The van der Waals surface area contributed by atoms with Crippen LogP contribution >= 0.6 is 11.9 Å². The third-order valence-corrected chi connectivity index (χ3v) is 5.12. The summed E-state index contributed by atoms with van der Waals surface area (Å²) in [6.45, 7) is 2.89. The Bertz CT molecular complexity index is 1110. The van der Waals surface area contributed by atoms with Crippen LogP contribution in [0.2, 0.25) is 0 Å². The molecule has 4 rings (SSSR count). The largest absolute Gasteiger partial charge is 0.494 e. The minimum absolute atomic E-state index is 0.310. The van der Waals surface area contributed by atoms with E-state index >= 15 is 0 Å². The van der Waals surface area contributed by atoms with Gasteiger partial charge in [-0.1, -0.05) is 12.1 Å². The molecule has 0 saturated carbocycles. The van der Waals surface area contributed by atoms with Gasteiger partial charge in [0, 0.05) is 10.6 Å². The van der Waals surface area contributed by atoms with E-state index in [9.17, 15) is 4.79 Å². The van der Waals surface area contributed by atoms with Gasteiger partial charge in [-0.25, -0.2) is 9.78 Å². The number of hydrogen-bond acceptors (Lipinski definition) is 5. The summed E-state index contributed by atoms with van der Waals surface area (Å²) in [5.41, 5.74) is 2.56. The van der Waals surface area contributed by atoms with Crippen molar-refractivity contribution < 1.29 is 14.3 Å². The van der Waals surface area contributed by atoms with Crippen LogP contribution in [0.4, 0.5) is 10.5 Å². The fourth-order valence-electron chi connectivity index (χ4n) is 2.89. The van der Waals surface area contributed by atoms with E-state index in [1.54, 1.807) is 24.3 Å². The number of carbonyl (C=O) groups excluding carboxylic acids is 1. The van der Waals surface area contributed by atoms with Crippen molar-refractivity contribution in [1.29, 1.82) is 0 Å². The number of nitrogens with one attached hydrogen (secondary N) is 3. The number of amides is 2. The van der Waals surface area contributed by atoms with Crippen molar-refractivity contribution in [1.82, 2.24) is 14.7 Å². The first-order chi connectivity index (χ1) is 15.2. The number of benzene rings is 3. The molecule has 3 N–H and O–H groups in total. The Morgan fingerprint density at radius 2 is 1.68 bits per heavy atom. The minimum atomic E-state index is -0.310. The van der Waals surface area contributed by atoms with Crippen LogP contribution in [0, 0.1) is 0 Å². The number of carbonyl (C=O) groups is 1. The van der Waals surface area contributed by atoms with E-state index in [1.807, 2.05) is 55.5 Å². The maximum Gasteiger partial charge on any atom is 0.329 e. The molecule has 31 heavy (non-hydrogen) atoms. The van der Waals surface area contributed by atoms with Crippen LogP contribution in [0.15, 0.2) is 77.7 Å². The number of para-hydroxylation sites is 2. The molecule has 0 saturated heterocycles. The van der Waals surface area contributed by atoms with Crippen LogP contribution in [0.1, 0.15) is 12.7 Å². The number of H-pyrrole nitrogens is 1. The second-order valence-corrected chi connectivity index (χ2v) is 7.46. The van der Waals surface area contributed by atoms with Gasteiger partial charge in [0.1, 0.15) is 23.9 Å². The van der Waals surface area contributed by atoms with Crippen LogP contribution in [-0.4, -0.2) is 22.6 Å². The summed E-state index contributed by atoms with van der Waals surface area (Å²) in [7, 11) is 0. The molecule has 0 fully saturated rings. The normalized spacial score (nSPS) is 10.6. The van der Waals surface area contributed by atoms with Gasteiger partial charge in [-0.3, -0.25) is 4.72 Å². The minimum Gasteiger partial charge on any atom is -0.494 e. The Labute approximate surface area is 184 Å². The van der Waals surface area contributed by atoms with Crippen molar-refractivity contribution in [2.45, 2.75) is 18.4 Å². The smallest absolute Gasteiger partial charge is 0.329 e. The zero-order valence-corrected chi connectivity index (χ0v) is 17.7. The number of anilines is 1. The van der Waals surface area contributed by atoms with Crippen LogP contribution in [-0.2, 0) is 6.61 Å². The third-order valence-electron chi connectivity index (χ3n) is 4.32. The lowest BCUT2D eigenvalue weighted by Crippen LogP contribution is -2.22. The van der Waals surface area contributed by atoms with E-state index in [4.69, 9.17) is 9.47 Å². The molecular weight excluding hydrogens is 412 g/mol. The van der Waals surface area contributed by atoms with Crippen LogP contribution in [0.5, 0.6) is 11.5 Å². The molecule has 8 heteroatoms. The number of fused-ring (bicyclic) bond motifs is 1. The number of ether oxygens (including phenoxy) is 2. The highest BCUT2D eigenvalue weighted by atomic mass is 32.2. The lowest BCUT2D eigenvalue weighted by atomic mass is 10.3. The maximum atomic E-state index is 12.1. The number of nitrogens with zero attached hydrogens (tertiary/aromatic N) is 1. The highest BCUT2D eigenvalue weighted by molar-refractivity contribution is 7.98. The van der Waals surface area contributed by atoms with Gasteiger partial charge in [-0.05, 0) is 79.5 Å². The van der Waals surface area contributed by atoms with E-state index in [-0.39, 0.29) is 6.03 Å². The number of aromatic nitrogens is 2. The molecule has 0 spiro atoms. The van der Waals surface area contributed by atoms with Crippen LogP contribution in [0.3, 0.4) is 0 Å². The highest BCUT2D eigenvalue weighted by Crippen LogP contribution is 2.20. The van der Waals surface area contributed by atoms with E-state index in [1.165, 1.54) is 11.9 Å². The summed E-state index contributed by atoms with van der Waals surface area (Å²) < 4.78 is 13.9. The summed E-state index contributed by atoms with van der Waals surface area (Å²) in [6.07, 6.45) is 0. The van der Waals surface area contributed by atoms with Crippen molar-refractivity contribution in [2.75, 3.05) is 11.9 Å². The van der Waals surface area contributed by atoms with Gasteiger partial charge in [-0.2, -0.15) is 0 Å². The van der Waals surface area contributed by atoms with E-state index in [0.717, 1.165) is 27.5 Å². The van der Waals surface area contributed by atoms with Gasteiger partial charge < -0.3 is 19.8 Å². The fraction of sp³-hybridized carbons (Fsp3) is 0.130. The zero-order valence-electron chi connectivity index (χ0n) is 16.9. The van der Waals surface area contributed by atoms with Crippen molar-refractivity contribution in [3.05, 3.63) is 78.6 Å². The lowest BCUT2D eigenvalue weighted by molar-refractivity contribution is 0.257. The molecule has 0 aliphatic heterocycles. The Morgan fingerprint density at radius 1 is 0.968 bits per heavy atom. The molecular formula is C23H22N4O3S. The van der Waals surface area contributed by atoms with Gasteiger partial charge in [-0.15, -0.1) is 0 Å². The molecule has 1 aromatic heterocycles. The van der Waals surface area contributed by atoms with Crippen LogP contribution < -0.4 is 19.5 Å². The van der Waals surface area contributed by atoms with Gasteiger partial charge in [0.25, 0.3) is 0 Å². The molecule has 2 amide bonds. The average Bonchev–Trinajstić information content (AvgIpc) is 3.21. The summed E-state index contributed by atoms with van der Waals surface area (Å²) >= 11 is 1.23. The fourth-order valence-corrected chi connectivity index (χ4v) is 3.43. The number of rotatable bonds is 8. The van der Waals surface area contributed by atoms with Crippen molar-refractivity contribution in [2.24, 2.45) is 0 Å². The third kappa shape index (κ3) is 5.70. The summed E-state index contributed by atoms with van der Waals surface area (Å²) in [5.74, 6) is 2.25. The van der Waals surface area contributed by atoms with Gasteiger partial charge >= 0.3 is 6.03 Å². The van der Waals surface area contributed by atoms with E-state index in [2.05, 4.69) is 20.0 Å². The molecule has 0 unspecified atom stereocenters. The molecule has 4 aromatic rings. The van der Waals surface area contributed by atoms with Gasteiger partial charge in [0.05, 0.1) is 17.6 Å². The van der Waals surface area contributed by atoms with E-state index < -0.39 is 0 Å². The van der Waals surface area contributed by atoms with Crippen molar-refractivity contribution in [3.8, 4) is 11.5 Å². The monoisotopic (exact) mass is 434 g/mol. The second-order valence-electron chi connectivity index (χ2n) is 6.58. The molecule has 0 atom stereocenters. The Kier molecular flexibility index (Phi) is 6.59. The van der Waals surface area contributed by atoms with Crippen molar-refractivity contribution >= 4 is 34.7 Å². The standard InChI is InChI=1S/C23H22N4O3S/c1-2-29-17-11-13-19(14-12-17)31-27-23(28)24-16-7-9-18(10-8-16)30-15-22-25-20-5-3-4-6-21(20)26-22/h3-14H,2,15H2,1H3,(H,25,26)(H2,24,27,28). The summed E-state index contributed by atoms with van der Waals surface area (Å²) in [6, 6.07) is 22.2. The molecule has 158 valence electrons. The molecule has 7 nitrogen and oxygen atoms in total. The van der Waals surface area contributed by atoms with Crippen LogP contribution in [0.25, 0.3) is 11.0 Å². The lowest BCUT2D eigenvalue weighted by Gasteiger charge is -2.09. The quantitative estimate of drug-likeness (QED) is 0.325. The Morgan fingerprint density at radius 3 is 2.42 bits per heavy atom. The molecule has 0 radical (unpaired) electrons. The Hall–Kier alpha value is -3.65. The average molecular weight is 435 g/mol. The first-order valence-corrected chi connectivity index (χ1v) is 10.6. The second kappa shape index (κ2) is 9.90. The first-order valence-electron chi connectivity index (χ1n) is 9.83. The number of hydrogen-bond donors (Lipinski definition) is 3. The van der Waals surface area contributed by atoms with Crippen molar-refractivity contribution in [3.63, 3.8) is 0 Å². The molecule has 1 heterocycles. The topological polar surface area (TPSA) is 88.3 Å². The maximum absolute atomic E-state index is 12.1. The number of urea groups is 1. The predicted octanol–water partition coefficient (Wildman–Crippen LogP) is 5.37. The molecule has 0 aliphatic carbocycles. The molecule has 3 aromatic carbocycles. The zero-order chi connectivity index (χ0) is 21.5. The highest BCUT2D eigenvalue weighted by Gasteiger charge is 2.05. The number of aromatic amines is 1. The molecule has 0 aliphatic rings. The predicted molar refractivity (Wildman–Crippen MR) is 122 cm³/mol. The van der Waals surface area contributed by atoms with Gasteiger partial charge in [0.2, 0.25) is 0 Å². The van der Waals surface area contributed by atoms with E-state index in [0.29, 0.717) is 24.7 Å². The Balaban J connectivity index is 1.24. The SMILES string of the molecule is CCOc1ccc(SNC(=O)Nc2ccc(OCc3nc4ccccc4[nH]3)cc2)cc1. The van der Waals surface area contributed by atoms with Gasteiger partial charge in [0.15, 0.2) is 0 Å². The summed E-state index contributed by atoms with van der Waals surface area (Å²) in [4.78, 5) is 20.8. The first kappa shape index (κ1) is 20.6.